The zero-order valence-electron chi connectivity index (χ0n) is 9.45. The van der Waals surface area contributed by atoms with Crippen molar-refractivity contribution in [1.29, 1.82) is 0 Å². The van der Waals surface area contributed by atoms with E-state index >= 15 is 0 Å². The molecule has 0 spiro atoms. The summed E-state index contributed by atoms with van der Waals surface area (Å²) in [5, 5.41) is 5.07. The van der Waals surface area contributed by atoms with E-state index in [0.717, 1.165) is 33.7 Å². The molecule has 0 unspecified atom stereocenters. The molecule has 0 atom stereocenters. The number of alkyl halides is 1. The number of carbonyl (C=O) groups excluding carboxylic acids is 1. The topological polar surface area (TPSA) is 29.1 Å². The molecule has 0 heterocycles. The van der Waals surface area contributed by atoms with Crippen molar-refractivity contribution in [2.45, 2.75) is 6.42 Å². The molecule has 0 aromatic heterocycles. The fourth-order valence-corrected chi connectivity index (χ4v) is 2.17. The molecule has 0 saturated carbocycles. The lowest BCUT2D eigenvalue weighted by atomic mass is 10.0. The average Bonchev–Trinajstić information content (AvgIpc) is 2.38. The van der Waals surface area contributed by atoms with Crippen LogP contribution in [0.25, 0.3) is 10.8 Å². The molecule has 17 heavy (non-hydrogen) atoms. The molecule has 0 bridgehead atoms. The van der Waals surface area contributed by atoms with Gasteiger partial charge in [0.2, 0.25) is 0 Å². The van der Waals surface area contributed by atoms with Crippen molar-refractivity contribution in [3.63, 3.8) is 0 Å². The van der Waals surface area contributed by atoms with Crippen LogP contribution in [-0.2, 0) is 0 Å². The number of hydrogen-bond acceptors (Lipinski definition) is 1. The van der Waals surface area contributed by atoms with Crippen LogP contribution in [0.3, 0.4) is 0 Å². The minimum absolute atomic E-state index is 0.0200. The van der Waals surface area contributed by atoms with E-state index in [2.05, 4.69) is 27.9 Å². The summed E-state index contributed by atoms with van der Waals surface area (Å²) in [6.07, 6.45) is 1.01. The Labute approximate surface area is 115 Å². The number of nitrogens with one attached hydrogen (secondary N) is 1. The maximum absolute atomic E-state index is 12.0. The first kappa shape index (κ1) is 12.4. The van der Waals surface area contributed by atoms with E-state index in [0.29, 0.717) is 0 Å². The van der Waals surface area contributed by atoms with Crippen molar-refractivity contribution in [2.24, 2.45) is 0 Å². The van der Waals surface area contributed by atoms with Gasteiger partial charge in [-0.2, -0.15) is 0 Å². The van der Waals surface area contributed by atoms with Gasteiger partial charge in [-0.05, 0) is 23.3 Å². The molecule has 1 N–H and O–H groups in total. The third-order valence-corrected chi connectivity index (χ3v) is 3.39. The van der Waals surface area contributed by atoms with Gasteiger partial charge in [-0.3, -0.25) is 4.79 Å². The Balaban J connectivity index is 2.26. The molecule has 0 radical (unpaired) electrons. The van der Waals surface area contributed by atoms with E-state index in [9.17, 15) is 4.79 Å². The Morgan fingerprint density at radius 3 is 2.71 bits per heavy atom. The fraction of sp³-hybridized carbons (Fsp3) is 0.214. The SMILES string of the molecule is O=C(NCCCI)c1cccc2ccccc12. The van der Waals surface area contributed by atoms with Crippen molar-refractivity contribution >= 4 is 39.3 Å². The molecule has 2 rings (SSSR count). The molecule has 2 aromatic rings. The fourth-order valence-electron chi connectivity index (χ4n) is 1.79. The molecule has 1 amide bonds. The first-order valence-corrected chi connectivity index (χ1v) is 7.17. The Hall–Kier alpha value is -1.10. The first-order chi connectivity index (χ1) is 8.33. The zero-order valence-corrected chi connectivity index (χ0v) is 11.6. The number of benzene rings is 2. The predicted molar refractivity (Wildman–Crippen MR) is 79.8 cm³/mol. The highest BCUT2D eigenvalue weighted by molar-refractivity contribution is 14.1. The van der Waals surface area contributed by atoms with Crippen LogP contribution in [0.5, 0.6) is 0 Å². The molecule has 2 aromatic carbocycles. The van der Waals surface area contributed by atoms with E-state index in [4.69, 9.17) is 0 Å². The molecule has 0 aliphatic carbocycles. The van der Waals surface area contributed by atoms with Gasteiger partial charge < -0.3 is 5.32 Å². The zero-order chi connectivity index (χ0) is 12.1. The van der Waals surface area contributed by atoms with Crippen molar-refractivity contribution in [3.05, 3.63) is 48.0 Å². The standard InChI is InChI=1S/C14H14INO/c15-9-4-10-16-14(17)13-8-3-6-11-5-1-2-7-12(11)13/h1-3,5-8H,4,9-10H2,(H,16,17). The van der Waals surface area contributed by atoms with Gasteiger partial charge in [0.05, 0.1) is 0 Å². The maximum atomic E-state index is 12.0. The van der Waals surface area contributed by atoms with Crippen LogP contribution < -0.4 is 5.32 Å². The number of rotatable bonds is 4. The second kappa shape index (κ2) is 6.00. The van der Waals surface area contributed by atoms with Gasteiger partial charge >= 0.3 is 0 Å². The largest absolute Gasteiger partial charge is 0.352 e. The average molecular weight is 339 g/mol. The van der Waals surface area contributed by atoms with E-state index in [1.54, 1.807) is 0 Å². The summed E-state index contributed by atoms with van der Waals surface area (Å²) in [4.78, 5) is 12.0. The summed E-state index contributed by atoms with van der Waals surface area (Å²) in [6, 6.07) is 13.8. The van der Waals surface area contributed by atoms with Crippen LogP contribution >= 0.6 is 22.6 Å². The lowest BCUT2D eigenvalue weighted by Crippen LogP contribution is -2.24. The van der Waals surface area contributed by atoms with Crippen LogP contribution in [-0.4, -0.2) is 16.9 Å². The van der Waals surface area contributed by atoms with Gasteiger partial charge in [-0.25, -0.2) is 0 Å². The van der Waals surface area contributed by atoms with Crippen molar-refractivity contribution < 1.29 is 4.79 Å². The minimum Gasteiger partial charge on any atom is -0.352 e. The maximum Gasteiger partial charge on any atom is 0.251 e. The molecule has 88 valence electrons. The Bertz CT molecular complexity index is 519. The molecular weight excluding hydrogens is 325 g/mol. The quantitative estimate of drug-likeness (QED) is 0.516. The minimum atomic E-state index is 0.0200. The highest BCUT2D eigenvalue weighted by Crippen LogP contribution is 2.18. The van der Waals surface area contributed by atoms with Gasteiger partial charge in [-0.15, -0.1) is 0 Å². The van der Waals surface area contributed by atoms with Crippen LogP contribution in [0.2, 0.25) is 0 Å². The third-order valence-electron chi connectivity index (χ3n) is 2.63. The monoisotopic (exact) mass is 339 g/mol. The van der Waals surface area contributed by atoms with Gasteiger partial charge in [0.1, 0.15) is 0 Å². The molecule has 0 fully saturated rings. The molecule has 2 nitrogen and oxygen atoms in total. The Morgan fingerprint density at radius 2 is 1.88 bits per heavy atom. The molecular formula is C14H14INO. The summed E-state index contributed by atoms with van der Waals surface area (Å²) in [6.45, 7) is 0.741. The Morgan fingerprint density at radius 1 is 1.12 bits per heavy atom. The number of carbonyl (C=O) groups is 1. The number of halogens is 1. The summed E-state index contributed by atoms with van der Waals surface area (Å²) in [5.74, 6) is 0.0200. The highest BCUT2D eigenvalue weighted by Gasteiger charge is 2.08. The van der Waals surface area contributed by atoms with Gasteiger partial charge in [0.25, 0.3) is 5.91 Å². The number of hydrogen-bond donors (Lipinski definition) is 1. The van der Waals surface area contributed by atoms with Crippen molar-refractivity contribution in [3.8, 4) is 0 Å². The molecule has 0 saturated heterocycles. The second-order valence-corrected chi connectivity index (χ2v) is 4.90. The lowest BCUT2D eigenvalue weighted by Gasteiger charge is -2.07. The van der Waals surface area contributed by atoms with E-state index < -0.39 is 0 Å². The van der Waals surface area contributed by atoms with Crippen LogP contribution in [0.4, 0.5) is 0 Å². The lowest BCUT2D eigenvalue weighted by molar-refractivity contribution is 0.0955. The normalized spacial score (nSPS) is 10.4. The predicted octanol–water partition coefficient (Wildman–Crippen LogP) is 3.39. The number of amides is 1. The van der Waals surface area contributed by atoms with Gasteiger partial charge in [0.15, 0.2) is 0 Å². The molecule has 3 heteroatoms. The van der Waals surface area contributed by atoms with Crippen LogP contribution in [0.1, 0.15) is 16.8 Å². The summed E-state index contributed by atoms with van der Waals surface area (Å²) >= 11 is 2.31. The second-order valence-electron chi connectivity index (χ2n) is 3.83. The summed E-state index contributed by atoms with van der Waals surface area (Å²) in [7, 11) is 0. The van der Waals surface area contributed by atoms with Crippen molar-refractivity contribution in [1.82, 2.24) is 5.32 Å². The molecule has 0 aliphatic rings. The highest BCUT2D eigenvalue weighted by atomic mass is 127. The smallest absolute Gasteiger partial charge is 0.251 e. The van der Waals surface area contributed by atoms with Gasteiger partial charge in [-0.1, -0.05) is 59.0 Å². The first-order valence-electron chi connectivity index (χ1n) is 5.65. The van der Waals surface area contributed by atoms with E-state index in [1.165, 1.54) is 0 Å². The van der Waals surface area contributed by atoms with Crippen LogP contribution in [0.15, 0.2) is 42.5 Å². The van der Waals surface area contributed by atoms with Gasteiger partial charge in [0, 0.05) is 16.5 Å². The van der Waals surface area contributed by atoms with E-state index in [-0.39, 0.29) is 5.91 Å². The summed E-state index contributed by atoms with van der Waals surface area (Å²) < 4.78 is 1.06. The Kier molecular flexibility index (Phi) is 4.36. The third kappa shape index (κ3) is 2.97. The van der Waals surface area contributed by atoms with Crippen LogP contribution in [0, 0.1) is 0 Å². The van der Waals surface area contributed by atoms with Crippen molar-refractivity contribution in [2.75, 3.05) is 11.0 Å². The molecule has 0 aliphatic heterocycles. The van der Waals surface area contributed by atoms with E-state index in [1.807, 2.05) is 42.5 Å². The summed E-state index contributed by atoms with van der Waals surface area (Å²) in [5.41, 5.74) is 0.761. The number of fused-ring (bicyclic) bond motifs is 1.